The lowest BCUT2D eigenvalue weighted by atomic mass is 9.57. The van der Waals surface area contributed by atoms with Gasteiger partial charge >= 0.3 is 6.18 Å². The van der Waals surface area contributed by atoms with Gasteiger partial charge in [-0.2, -0.15) is 13.2 Å². The van der Waals surface area contributed by atoms with Crippen LogP contribution in [0.4, 0.5) is 22.0 Å². The van der Waals surface area contributed by atoms with Crippen molar-refractivity contribution in [2.45, 2.75) is 70.1 Å². The molecule has 224 valence electrons. The van der Waals surface area contributed by atoms with Crippen LogP contribution in [0.2, 0.25) is 0 Å². The second-order valence-electron chi connectivity index (χ2n) is 13.3. The summed E-state index contributed by atoms with van der Waals surface area (Å²) in [6, 6.07) is 2.65. The molecule has 3 heterocycles. The van der Waals surface area contributed by atoms with Gasteiger partial charge in [0.25, 0.3) is 11.8 Å². The van der Waals surface area contributed by atoms with E-state index in [0.717, 1.165) is 42.4 Å². The Bertz CT molecular complexity index is 1520. The summed E-state index contributed by atoms with van der Waals surface area (Å²) in [6.45, 7) is 3.78. The van der Waals surface area contributed by atoms with E-state index in [1.54, 1.807) is 17.3 Å². The summed E-state index contributed by atoms with van der Waals surface area (Å²) in [7, 11) is 1.92. The largest absolute Gasteiger partial charge is 0.416 e. The van der Waals surface area contributed by atoms with Crippen molar-refractivity contribution in [3.05, 3.63) is 70.0 Å². The predicted octanol–water partition coefficient (Wildman–Crippen LogP) is 6.09. The Hall–Kier alpha value is -3.08. The van der Waals surface area contributed by atoms with E-state index in [2.05, 4.69) is 23.2 Å². The first kappa shape index (κ1) is 27.7. The molecule has 1 amide bonds. The second kappa shape index (κ2) is 9.21. The number of allylic oxidation sites excluding steroid dienone is 4. The van der Waals surface area contributed by atoms with Gasteiger partial charge in [0, 0.05) is 56.2 Å². The van der Waals surface area contributed by atoms with Crippen molar-refractivity contribution in [2.24, 2.45) is 30.7 Å². The van der Waals surface area contributed by atoms with Gasteiger partial charge in [0.15, 0.2) is 0 Å². The summed E-state index contributed by atoms with van der Waals surface area (Å²) in [5.74, 6) is -2.39. The molecule has 3 fully saturated rings. The minimum absolute atomic E-state index is 0.00993. The number of nitrogens with zero attached hydrogens (tertiary/aromatic N) is 5. The van der Waals surface area contributed by atoms with Gasteiger partial charge in [0.05, 0.1) is 17.5 Å². The van der Waals surface area contributed by atoms with E-state index in [-0.39, 0.29) is 61.0 Å². The number of piperidine rings is 1. The number of aryl methyl sites for hydroxylation is 1. The summed E-state index contributed by atoms with van der Waals surface area (Å²) in [5.41, 5.74) is 1.08. The average Bonchev–Trinajstić information content (AvgIpc) is 3.45. The number of rotatable bonds is 5. The van der Waals surface area contributed by atoms with E-state index < -0.39 is 29.5 Å². The zero-order valence-electron chi connectivity index (χ0n) is 23.9. The molecule has 11 heteroatoms. The Balaban J connectivity index is 1.21. The number of hydrogen-bond donors (Lipinski definition) is 0. The van der Waals surface area contributed by atoms with Crippen molar-refractivity contribution in [3.63, 3.8) is 0 Å². The van der Waals surface area contributed by atoms with Crippen LogP contribution in [-0.2, 0) is 31.7 Å². The van der Waals surface area contributed by atoms with Crippen molar-refractivity contribution in [2.75, 3.05) is 13.1 Å². The fourth-order valence-electron chi connectivity index (χ4n) is 7.84. The number of halogens is 5. The van der Waals surface area contributed by atoms with Gasteiger partial charge in [-0.15, -0.1) is 10.2 Å². The van der Waals surface area contributed by atoms with Crippen LogP contribution in [0.15, 0.2) is 41.9 Å². The van der Waals surface area contributed by atoms with E-state index in [4.69, 9.17) is 0 Å². The van der Waals surface area contributed by atoms with Crippen molar-refractivity contribution in [1.82, 2.24) is 24.6 Å². The molecule has 7 rings (SSSR count). The van der Waals surface area contributed by atoms with Crippen molar-refractivity contribution in [1.29, 1.82) is 0 Å². The van der Waals surface area contributed by atoms with E-state index in [1.165, 1.54) is 11.8 Å². The van der Waals surface area contributed by atoms with Crippen molar-refractivity contribution in [3.8, 4) is 0 Å². The van der Waals surface area contributed by atoms with E-state index in [9.17, 15) is 26.7 Å². The maximum Gasteiger partial charge on any atom is 0.416 e. The monoisotopic (exact) mass is 587 g/mol. The van der Waals surface area contributed by atoms with Crippen LogP contribution in [0.5, 0.6) is 0 Å². The van der Waals surface area contributed by atoms with Gasteiger partial charge in [-0.05, 0) is 66.0 Å². The third kappa shape index (κ3) is 4.33. The van der Waals surface area contributed by atoms with Crippen LogP contribution in [0.25, 0.3) is 0 Å². The van der Waals surface area contributed by atoms with Gasteiger partial charge < -0.3 is 9.47 Å². The number of amides is 1. The summed E-state index contributed by atoms with van der Waals surface area (Å²) in [6.07, 6.45) is 3.64. The number of fused-ring (bicyclic) bond motifs is 2. The fourth-order valence-corrected chi connectivity index (χ4v) is 7.84. The maximum absolute atomic E-state index is 14.4. The third-order valence-electron chi connectivity index (χ3n) is 10.1. The molecule has 1 aromatic heterocycles. The molecular weight excluding hydrogens is 553 g/mol. The molecule has 2 saturated carbocycles. The Morgan fingerprint density at radius 2 is 1.90 bits per heavy atom. The molecule has 0 N–H and O–H groups in total. The highest BCUT2D eigenvalue weighted by atomic mass is 19.4. The second-order valence-corrected chi connectivity index (χ2v) is 13.3. The molecular formula is C31H34F5N5O. The maximum atomic E-state index is 14.4. The molecule has 3 aliphatic carbocycles. The lowest BCUT2D eigenvalue weighted by Gasteiger charge is -2.47. The lowest BCUT2D eigenvalue weighted by molar-refractivity contribution is -0.138. The third-order valence-corrected chi connectivity index (χ3v) is 10.1. The van der Waals surface area contributed by atoms with Crippen molar-refractivity contribution < 1.29 is 26.7 Å². The van der Waals surface area contributed by atoms with Gasteiger partial charge in [0.1, 0.15) is 12.2 Å². The van der Waals surface area contributed by atoms with Crippen LogP contribution in [0.1, 0.15) is 72.4 Å². The zero-order valence-corrected chi connectivity index (χ0v) is 23.9. The van der Waals surface area contributed by atoms with Crippen LogP contribution in [0.3, 0.4) is 0 Å². The molecule has 6 nitrogen and oxygen atoms in total. The molecule has 5 aliphatic rings. The zero-order chi connectivity index (χ0) is 29.8. The molecule has 0 spiro atoms. The Labute approximate surface area is 241 Å². The van der Waals surface area contributed by atoms with E-state index >= 15 is 0 Å². The Morgan fingerprint density at radius 1 is 1.14 bits per heavy atom. The number of aromatic nitrogens is 3. The molecule has 2 aliphatic heterocycles. The minimum Gasteiger partial charge on any atom is -0.320 e. The number of carbonyl (C=O) groups is 1. The summed E-state index contributed by atoms with van der Waals surface area (Å²) in [5, 5.41) is 8.53. The molecule has 0 radical (unpaired) electrons. The van der Waals surface area contributed by atoms with Gasteiger partial charge in [-0.25, -0.2) is 8.78 Å². The van der Waals surface area contributed by atoms with Crippen LogP contribution < -0.4 is 0 Å². The van der Waals surface area contributed by atoms with Crippen LogP contribution in [0, 0.1) is 23.7 Å². The molecule has 42 heavy (non-hydrogen) atoms. The highest BCUT2D eigenvalue weighted by Gasteiger charge is 2.54. The van der Waals surface area contributed by atoms with Gasteiger partial charge in [-0.1, -0.05) is 19.9 Å². The minimum atomic E-state index is -4.65. The summed E-state index contributed by atoms with van der Waals surface area (Å²) in [4.78, 5) is 17.1. The SMILES string of the molecule is CC1CC(C2=CC3CC3C(N3Cc4c(cc(CN5CCC(F)(F)[C@H](C)C5)cc4C(F)(F)F)C3=O)=C2)(c2nncn2C)C1. The van der Waals surface area contributed by atoms with Crippen LogP contribution in [-0.4, -0.2) is 49.5 Å². The fraction of sp³-hybridized carbons (Fsp3) is 0.581. The van der Waals surface area contributed by atoms with Crippen molar-refractivity contribution >= 4 is 5.91 Å². The first-order valence-corrected chi connectivity index (χ1v) is 14.7. The first-order chi connectivity index (χ1) is 19.8. The quantitative estimate of drug-likeness (QED) is 0.397. The molecule has 0 bridgehead atoms. The topological polar surface area (TPSA) is 54.3 Å². The Morgan fingerprint density at radius 3 is 2.55 bits per heavy atom. The number of benzene rings is 1. The summed E-state index contributed by atoms with van der Waals surface area (Å²) < 4.78 is 73.1. The van der Waals surface area contributed by atoms with Gasteiger partial charge in [-0.3, -0.25) is 9.69 Å². The molecule has 2 aromatic rings. The number of likely N-dealkylation sites (tertiary alicyclic amines) is 1. The molecule has 3 atom stereocenters. The molecule has 1 saturated heterocycles. The standard InChI is InChI=1S/C31H34F5N5O/c1-17-11-29(12-17,28-38-37-16-39(28)3)21-8-20-9-22(20)26(10-21)41-15-24-23(27(41)42)6-19(7-25(24)31(34,35)36)14-40-5-4-30(32,33)18(2)13-40/h6-8,10,16-18,20,22H,4-5,9,11-15H2,1-3H3/t17?,18-,20?,22?,29?/m1/s1. The Kier molecular flexibility index (Phi) is 6.08. The predicted molar refractivity (Wildman–Crippen MR) is 144 cm³/mol. The lowest BCUT2D eigenvalue weighted by Crippen LogP contribution is -2.45. The highest BCUT2D eigenvalue weighted by molar-refractivity contribution is 6.00. The van der Waals surface area contributed by atoms with E-state index in [1.807, 2.05) is 17.7 Å². The smallest absolute Gasteiger partial charge is 0.320 e. The first-order valence-electron chi connectivity index (χ1n) is 14.7. The molecule has 2 unspecified atom stereocenters. The highest BCUT2D eigenvalue weighted by Crippen LogP contribution is 2.59. The van der Waals surface area contributed by atoms with Crippen LogP contribution >= 0.6 is 0 Å². The average molecular weight is 588 g/mol. The summed E-state index contributed by atoms with van der Waals surface area (Å²) >= 11 is 0. The molecule has 1 aromatic carbocycles. The number of carbonyl (C=O) groups excluding carboxylic acids is 1. The van der Waals surface area contributed by atoms with Gasteiger partial charge in [0.2, 0.25) is 0 Å². The number of hydrogen-bond acceptors (Lipinski definition) is 4. The number of alkyl halides is 5. The van der Waals surface area contributed by atoms with E-state index in [0.29, 0.717) is 11.5 Å². The normalized spacial score (nSPS) is 32.2.